The van der Waals surface area contributed by atoms with Gasteiger partial charge in [0, 0.05) is 12.1 Å². The summed E-state index contributed by atoms with van der Waals surface area (Å²) >= 11 is 0. The van der Waals surface area contributed by atoms with Gasteiger partial charge in [-0.1, -0.05) is 19.1 Å². The molecule has 0 aliphatic heterocycles. The zero-order valence-electron chi connectivity index (χ0n) is 11.1. The van der Waals surface area contributed by atoms with Crippen LogP contribution in [-0.2, 0) is 0 Å². The second-order valence-corrected chi connectivity index (χ2v) is 3.99. The van der Waals surface area contributed by atoms with Crippen molar-refractivity contribution in [2.45, 2.75) is 26.7 Å². The van der Waals surface area contributed by atoms with Crippen LogP contribution in [0.3, 0.4) is 0 Å². The fourth-order valence-electron chi connectivity index (χ4n) is 1.46. The molecule has 0 unspecified atom stereocenters. The number of carbonyl (C=O) groups is 1. The van der Waals surface area contributed by atoms with Crippen LogP contribution in [0.15, 0.2) is 36.4 Å². The van der Waals surface area contributed by atoms with E-state index in [0.717, 1.165) is 18.6 Å². The van der Waals surface area contributed by atoms with E-state index in [4.69, 9.17) is 4.74 Å². The summed E-state index contributed by atoms with van der Waals surface area (Å²) in [7, 11) is 0. The summed E-state index contributed by atoms with van der Waals surface area (Å²) in [6.07, 6.45) is 5.85. The highest BCUT2D eigenvalue weighted by Crippen LogP contribution is 2.12. The minimum absolute atomic E-state index is 0.0402. The lowest BCUT2D eigenvalue weighted by Crippen LogP contribution is -2.23. The molecule has 0 atom stereocenters. The summed E-state index contributed by atoms with van der Waals surface area (Å²) in [5.74, 6) is 0.767. The Balaban J connectivity index is 2.43. The van der Waals surface area contributed by atoms with Crippen LogP contribution >= 0.6 is 0 Å². The van der Waals surface area contributed by atoms with Gasteiger partial charge in [0.05, 0.1) is 6.61 Å². The third-order valence-corrected chi connectivity index (χ3v) is 2.42. The number of hydrogen-bond donors (Lipinski definition) is 1. The van der Waals surface area contributed by atoms with Gasteiger partial charge in [-0.25, -0.2) is 0 Å². The molecule has 0 spiro atoms. The highest BCUT2D eigenvalue weighted by molar-refractivity contribution is 5.94. The third kappa shape index (κ3) is 5.04. The maximum atomic E-state index is 11.8. The van der Waals surface area contributed by atoms with Crippen molar-refractivity contribution in [2.24, 2.45) is 0 Å². The largest absolute Gasteiger partial charge is 0.494 e. The van der Waals surface area contributed by atoms with Crippen LogP contribution in [0.1, 0.15) is 37.0 Å². The van der Waals surface area contributed by atoms with Gasteiger partial charge in [0.1, 0.15) is 5.75 Å². The molecule has 1 N–H and O–H groups in total. The van der Waals surface area contributed by atoms with Crippen molar-refractivity contribution in [1.29, 1.82) is 0 Å². The Morgan fingerprint density at radius 2 is 2.06 bits per heavy atom. The topological polar surface area (TPSA) is 38.3 Å². The SMILES string of the molecule is C/C=C/CCNC(=O)c1ccc(OCCC)cc1. The molecule has 0 bridgehead atoms. The molecule has 0 aliphatic rings. The first-order valence-electron chi connectivity index (χ1n) is 6.40. The molecular weight excluding hydrogens is 226 g/mol. The van der Waals surface area contributed by atoms with Crippen LogP contribution < -0.4 is 10.1 Å². The molecule has 0 radical (unpaired) electrons. The maximum Gasteiger partial charge on any atom is 0.251 e. The van der Waals surface area contributed by atoms with Crippen LogP contribution in [0.5, 0.6) is 5.75 Å². The summed E-state index contributed by atoms with van der Waals surface area (Å²) in [6.45, 7) is 5.40. The highest BCUT2D eigenvalue weighted by atomic mass is 16.5. The van der Waals surface area contributed by atoms with Crippen LogP contribution in [-0.4, -0.2) is 19.1 Å². The second-order valence-electron chi connectivity index (χ2n) is 3.99. The van der Waals surface area contributed by atoms with Crippen LogP contribution in [0.2, 0.25) is 0 Å². The summed E-state index contributed by atoms with van der Waals surface area (Å²) in [4.78, 5) is 11.8. The first kappa shape index (κ1) is 14.3. The highest BCUT2D eigenvalue weighted by Gasteiger charge is 2.04. The molecule has 0 saturated carbocycles. The number of nitrogens with one attached hydrogen (secondary N) is 1. The number of carbonyl (C=O) groups excluding carboxylic acids is 1. The first-order chi connectivity index (χ1) is 8.77. The second kappa shape index (κ2) is 8.34. The van der Waals surface area contributed by atoms with E-state index in [9.17, 15) is 4.79 Å². The van der Waals surface area contributed by atoms with Crippen molar-refractivity contribution in [3.8, 4) is 5.75 Å². The fraction of sp³-hybridized carbons (Fsp3) is 0.400. The Kier molecular flexibility index (Phi) is 6.62. The van der Waals surface area contributed by atoms with Gasteiger partial charge in [0.2, 0.25) is 0 Å². The van der Waals surface area contributed by atoms with Crippen LogP contribution in [0.25, 0.3) is 0 Å². The standard InChI is InChI=1S/C15H21NO2/c1-3-5-6-11-16-15(17)13-7-9-14(10-8-13)18-12-4-2/h3,5,7-10H,4,6,11-12H2,1-2H3,(H,16,17)/b5-3+. The molecular formula is C15H21NO2. The van der Waals surface area contributed by atoms with E-state index in [1.807, 2.05) is 31.2 Å². The Bertz CT molecular complexity index is 382. The zero-order chi connectivity index (χ0) is 13.2. The summed E-state index contributed by atoms with van der Waals surface area (Å²) in [5, 5.41) is 2.87. The predicted molar refractivity (Wildman–Crippen MR) is 74.0 cm³/mol. The molecule has 0 fully saturated rings. The molecule has 1 rings (SSSR count). The lowest BCUT2D eigenvalue weighted by Gasteiger charge is -2.06. The number of rotatable bonds is 7. The van der Waals surface area contributed by atoms with Crippen molar-refractivity contribution in [2.75, 3.05) is 13.2 Å². The fourth-order valence-corrected chi connectivity index (χ4v) is 1.46. The Hall–Kier alpha value is -1.77. The monoisotopic (exact) mass is 247 g/mol. The van der Waals surface area contributed by atoms with Crippen LogP contribution in [0.4, 0.5) is 0 Å². The number of ether oxygens (including phenoxy) is 1. The van der Waals surface area contributed by atoms with E-state index in [-0.39, 0.29) is 5.91 Å². The van der Waals surface area contributed by atoms with E-state index in [0.29, 0.717) is 18.7 Å². The maximum absolute atomic E-state index is 11.8. The van der Waals surface area contributed by atoms with E-state index in [1.54, 1.807) is 12.1 Å². The summed E-state index contributed by atoms with van der Waals surface area (Å²) < 4.78 is 5.46. The van der Waals surface area contributed by atoms with Gasteiger partial charge in [0.25, 0.3) is 5.91 Å². The van der Waals surface area contributed by atoms with Gasteiger partial charge in [-0.15, -0.1) is 0 Å². The Morgan fingerprint density at radius 3 is 2.67 bits per heavy atom. The number of amides is 1. The molecule has 1 aromatic carbocycles. The van der Waals surface area contributed by atoms with Gasteiger partial charge >= 0.3 is 0 Å². The van der Waals surface area contributed by atoms with Crippen molar-refractivity contribution in [3.05, 3.63) is 42.0 Å². The number of allylic oxidation sites excluding steroid dienone is 1. The normalized spacial score (nSPS) is 10.6. The predicted octanol–water partition coefficient (Wildman–Crippen LogP) is 3.17. The van der Waals surface area contributed by atoms with E-state index < -0.39 is 0 Å². The minimum atomic E-state index is -0.0402. The van der Waals surface area contributed by atoms with Crippen molar-refractivity contribution < 1.29 is 9.53 Å². The number of hydrogen-bond acceptors (Lipinski definition) is 2. The van der Waals surface area contributed by atoms with Crippen LogP contribution in [0, 0.1) is 0 Å². The molecule has 0 heterocycles. The average Bonchev–Trinajstić information content (AvgIpc) is 2.41. The van der Waals surface area contributed by atoms with E-state index >= 15 is 0 Å². The van der Waals surface area contributed by atoms with Gasteiger partial charge in [-0.3, -0.25) is 4.79 Å². The Morgan fingerprint density at radius 1 is 1.33 bits per heavy atom. The van der Waals surface area contributed by atoms with Crippen molar-refractivity contribution in [3.63, 3.8) is 0 Å². The zero-order valence-corrected chi connectivity index (χ0v) is 11.1. The Labute approximate surface area is 109 Å². The molecule has 0 aromatic heterocycles. The number of benzene rings is 1. The summed E-state index contributed by atoms with van der Waals surface area (Å²) in [6, 6.07) is 7.24. The van der Waals surface area contributed by atoms with Gasteiger partial charge < -0.3 is 10.1 Å². The van der Waals surface area contributed by atoms with Gasteiger partial charge in [-0.05, 0) is 44.0 Å². The summed E-state index contributed by atoms with van der Waals surface area (Å²) in [5.41, 5.74) is 0.666. The van der Waals surface area contributed by atoms with Gasteiger partial charge in [0.15, 0.2) is 0 Å². The molecule has 18 heavy (non-hydrogen) atoms. The minimum Gasteiger partial charge on any atom is -0.494 e. The van der Waals surface area contributed by atoms with E-state index in [1.165, 1.54) is 0 Å². The first-order valence-corrected chi connectivity index (χ1v) is 6.40. The molecule has 1 amide bonds. The molecule has 0 aliphatic carbocycles. The smallest absolute Gasteiger partial charge is 0.251 e. The lowest BCUT2D eigenvalue weighted by molar-refractivity contribution is 0.0954. The van der Waals surface area contributed by atoms with Gasteiger partial charge in [-0.2, -0.15) is 0 Å². The molecule has 3 nitrogen and oxygen atoms in total. The molecule has 1 aromatic rings. The lowest BCUT2D eigenvalue weighted by atomic mass is 10.2. The van der Waals surface area contributed by atoms with Crippen molar-refractivity contribution in [1.82, 2.24) is 5.32 Å². The average molecular weight is 247 g/mol. The quantitative estimate of drug-likeness (QED) is 0.593. The van der Waals surface area contributed by atoms with Crippen molar-refractivity contribution >= 4 is 5.91 Å². The molecule has 3 heteroatoms. The van der Waals surface area contributed by atoms with E-state index in [2.05, 4.69) is 12.2 Å². The molecule has 0 saturated heterocycles. The third-order valence-electron chi connectivity index (χ3n) is 2.42. The molecule has 98 valence electrons.